The Hall–Kier alpha value is -4.24. The van der Waals surface area contributed by atoms with Crippen LogP contribution < -0.4 is 15.4 Å². The van der Waals surface area contributed by atoms with Gasteiger partial charge in [-0.3, -0.25) is 9.88 Å². The van der Waals surface area contributed by atoms with Crippen molar-refractivity contribution in [3.63, 3.8) is 0 Å². The molecule has 0 bridgehead atoms. The summed E-state index contributed by atoms with van der Waals surface area (Å²) < 4.78 is 99.9. The van der Waals surface area contributed by atoms with Crippen molar-refractivity contribution in [2.75, 3.05) is 36.8 Å². The van der Waals surface area contributed by atoms with E-state index in [2.05, 4.69) is 20.9 Å². The van der Waals surface area contributed by atoms with Crippen LogP contribution in [-0.2, 0) is 0 Å². The SMILES string of the molecule is [2H]C([2H])(Oc1nc(N2CCCC[C@@H]3[C@H](F)[C@@H]32)c2cnc(-c3cc(N)cc4cc(F)c(F)c(C#C)c34)c(F)c2n1)[C@@]12CCCN1C[C@H](F)C2. The molecular formula is C34H31F5N6O. The number of halogens is 5. The van der Waals surface area contributed by atoms with E-state index in [1.807, 2.05) is 0 Å². The third kappa shape index (κ3) is 4.46. The minimum absolute atomic E-state index is 0.00878. The monoisotopic (exact) mass is 636 g/mol. The van der Waals surface area contributed by atoms with E-state index < -0.39 is 59.5 Å². The average Bonchev–Trinajstić information content (AvgIpc) is 3.39. The van der Waals surface area contributed by atoms with E-state index in [-0.39, 0.29) is 63.3 Å². The number of aromatic nitrogens is 3. The number of alkyl halides is 2. The number of nitrogens with two attached hydrogens (primary N) is 1. The number of hydrogen-bond acceptors (Lipinski definition) is 7. The molecule has 1 saturated carbocycles. The zero-order valence-corrected chi connectivity index (χ0v) is 24.7. The van der Waals surface area contributed by atoms with Crippen LogP contribution in [0.5, 0.6) is 6.01 Å². The lowest BCUT2D eigenvalue weighted by Crippen LogP contribution is -2.43. The molecule has 46 heavy (non-hydrogen) atoms. The molecule has 4 aromatic rings. The first-order valence-electron chi connectivity index (χ1n) is 16.5. The van der Waals surface area contributed by atoms with Crippen molar-refractivity contribution < 1.29 is 29.4 Å². The maximum absolute atomic E-state index is 16.9. The van der Waals surface area contributed by atoms with Crippen LogP contribution in [0.25, 0.3) is 32.9 Å². The van der Waals surface area contributed by atoms with E-state index in [1.54, 1.807) is 9.80 Å². The number of rotatable bonds is 5. The summed E-state index contributed by atoms with van der Waals surface area (Å²) in [4.78, 5) is 16.7. The Balaban J connectivity index is 1.33. The maximum Gasteiger partial charge on any atom is 0.319 e. The first-order chi connectivity index (χ1) is 22.9. The van der Waals surface area contributed by atoms with Crippen LogP contribution in [-0.4, -0.2) is 70.0 Å². The van der Waals surface area contributed by atoms with Gasteiger partial charge in [0, 0.05) is 48.3 Å². The number of anilines is 2. The molecule has 2 aromatic carbocycles. The molecule has 7 nitrogen and oxygen atoms in total. The Bertz CT molecular complexity index is 2040. The molecule has 5 atom stereocenters. The summed E-state index contributed by atoms with van der Waals surface area (Å²) in [5.41, 5.74) is 3.83. The predicted molar refractivity (Wildman–Crippen MR) is 164 cm³/mol. The van der Waals surface area contributed by atoms with E-state index in [0.717, 1.165) is 18.9 Å². The number of nitrogen functional groups attached to an aromatic ring is 1. The molecule has 238 valence electrons. The molecule has 0 radical (unpaired) electrons. The molecule has 4 aliphatic rings. The lowest BCUT2D eigenvalue weighted by atomic mass is 9.95. The number of terminal acetylenes is 1. The van der Waals surface area contributed by atoms with E-state index >= 15 is 8.78 Å². The van der Waals surface area contributed by atoms with E-state index in [4.69, 9.17) is 19.6 Å². The Labute approximate surface area is 264 Å². The minimum Gasteiger partial charge on any atom is -0.461 e. The van der Waals surface area contributed by atoms with Crippen LogP contribution >= 0.6 is 0 Å². The first-order valence-corrected chi connectivity index (χ1v) is 15.5. The minimum atomic E-state index is -2.47. The molecule has 5 heterocycles. The topological polar surface area (TPSA) is 80.4 Å². The van der Waals surface area contributed by atoms with Crippen LogP contribution in [0.2, 0.25) is 0 Å². The quantitative estimate of drug-likeness (QED) is 0.161. The number of nitrogens with zero attached hydrogens (tertiary/aromatic N) is 5. The summed E-state index contributed by atoms with van der Waals surface area (Å²) in [5.74, 6) is -1.44. The fraction of sp³-hybridized carbons (Fsp3) is 0.441. The summed E-state index contributed by atoms with van der Waals surface area (Å²) >= 11 is 0. The Kier molecular flexibility index (Phi) is 6.24. The predicted octanol–water partition coefficient (Wildman–Crippen LogP) is 6.11. The van der Waals surface area contributed by atoms with Gasteiger partial charge in [0.25, 0.3) is 0 Å². The fourth-order valence-electron chi connectivity index (χ4n) is 7.81. The van der Waals surface area contributed by atoms with Crippen LogP contribution in [0.1, 0.15) is 46.8 Å². The molecule has 0 amide bonds. The van der Waals surface area contributed by atoms with E-state index in [9.17, 15) is 13.2 Å². The Morgan fingerprint density at radius 1 is 1.11 bits per heavy atom. The smallest absolute Gasteiger partial charge is 0.319 e. The number of benzene rings is 2. The van der Waals surface area contributed by atoms with Crippen LogP contribution in [0.4, 0.5) is 33.5 Å². The van der Waals surface area contributed by atoms with Gasteiger partial charge in [0.15, 0.2) is 17.5 Å². The number of pyridine rings is 1. The number of fused-ring (bicyclic) bond motifs is 4. The molecule has 4 fully saturated rings. The standard InChI is InChI=1S/C34H31F5N6O/c1-2-20-25-17(11-24(36)26(20)37)10-19(40)12-22(25)29-28(39)30-23(14-41-29)32(45-9-4-3-6-21-27(38)31(21)45)43-33(42-30)46-16-34-7-5-8-44(34)15-18(35)13-34/h1,10-12,14,18,21,27,31H,3-9,13,15-16,40H2/t18-,21-,27+,31-,34+/m1/s1/i16D2. The fourth-order valence-corrected chi connectivity index (χ4v) is 7.81. The van der Waals surface area contributed by atoms with Crippen molar-refractivity contribution in [1.29, 1.82) is 0 Å². The van der Waals surface area contributed by atoms with Crippen molar-refractivity contribution in [2.45, 2.75) is 62.4 Å². The van der Waals surface area contributed by atoms with Crippen molar-refractivity contribution >= 4 is 33.2 Å². The number of ether oxygens (including phenoxy) is 1. The third-order valence-corrected chi connectivity index (χ3v) is 9.98. The largest absolute Gasteiger partial charge is 0.461 e. The van der Waals surface area contributed by atoms with Crippen LogP contribution in [0.3, 0.4) is 0 Å². The maximum atomic E-state index is 16.9. The van der Waals surface area contributed by atoms with Gasteiger partial charge in [-0.1, -0.05) is 12.3 Å². The highest BCUT2D eigenvalue weighted by Gasteiger charge is 2.56. The van der Waals surface area contributed by atoms with Gasteiger partial charge in [0.05, 0.1) is 25.3 Å². The van der Waals surface area contributed by atoms with Gasteiger partial charge >= 0.3 is 6.01 Å². The molecule has 2 N–H and O–H groups in total. The zero-order valence-electron chi connectivity index (χ0n) is 26.7. The molecule has 8 rings (SSSR count). The summed E-state index contributed by atoms with van der Waals surface area (Å²) in [6.07, 6.45) is 7.64. The molecule has 12 heteroatoms. The molecule has 0 unspecified atom stereocenters. The molecule has 3 aliphatic heterocycles. The van der Waals surface area contributed by atoms with Gasteiger partial charge in [0.2, 0.25) is 0 Å². The molecule has 1 aliphatic carbocycles. The van der Waals surface area contributed by atoms with Gasteiger partial charge in [-0.25, -0.2) is 22.0 Å². The van der Waals surface area contributed by atoms with Gasteiger partial charge in [-0.15, -0.1) is 6.42 Å². The van der Waals surface area contributed by atoms with Crippen LogP contribution in [0, 0.1) is 35.7 Å². The van der Waals surface area contributed by atoms with Gasteiger partial charge in [-0.05, 0) is 55.8 Å². The van der Waals surface area contributed by atoms with Crippen molar-refractivity contribution in [1.82, 2.24) is 19.9 Å². The number of hydrogen-bond donors (Lipinski definition) is 1. The van der Waals surface area contributed by atoms with Gasteiger partial charge < -0.3 is 15.4 Å². The molecular weight excluding hydrogens is 603 g/mol. The summed E-state index contributed by atoms with van der Waals surface area (Å²) in [6.45, 7) is -1.49. The molecule has 2 aromatic heterocycles. The normalized spacial score (nSPS) is 28.4. The summed E-state index contributed by atoms with van der Waals surface area (Å²) in [6, 6.07) is 2.61. The van der Waals surface area contributed by atoms with Crippen molar-refractivity contribution in [3.8, 4) is 29.6 Å². The van der Waals surface area contributed by atoms with Crippen LogP contribution in [0.15, 0.2) is 24.4 Å². The lowest BCUT2D eigenvalue weighted by Gasteiger charge is -2.31. The highest BCUT2D eigenvalue weighted by Crippen LogP contribution is 2.48. The Morgan fingerprint density at radius 3 is 2.78 bits per heavy atom. The second-order valence-electron chi connectivity index (χ2n) is 12.7. The van der Waals surface area contributed by atoms with Gasteiger partial charge in [-0.2, -0.15) is 9.97 Å². The van der Waals surface area contributed by atoms with E-state index in [1.165, 1.54) is 18.3 Å². The zero-order chi connectivity index (χ0) is 33.7. The Morgan fingerprint density at radius 2 is 1.96 bits per heavy atom. The lowest BCUT2D eigenvalue weighted by molar-refractivity contribution is 0.107. The second kappa shape index (κ2) is 10.7. The highest BCUT2D eigenvalue weighted by molar-refractivity contribution is 6.04. The second-order valence-corrected chi connectivity index (χ2v) is 12.7. The highest BCUT2D eigenvalue weighted by atomic mass is 19.2. The summed E-state index contributed by atoms with van der Waals surface area (Å²) in [5, 5.41) is 0.256. The molecule has 0 spiro atoms. The van der Waals surface area contributed by atoms with Crippen molar-refractivity contribution in [3.05, 3.63) is 47.4 Å². The average molecular weight is 637 g/mol. The summed E-state index contributed by atoms with van der Waals surface area (Å²) in [7, 11) is 0. The van der Waals surface area contributed by atoms with E-state index in [0.29, 0.717) is 32.4 Å². The van der Waals surface area contributed by atoms with Gasteiger partial charge in [0.1, 0.15) is 35.9 Å². The third-order valence-electron chi connectivity index (χ3n) is 9.98. The first kappa shape index (κ1) is 26.9. The molecule has 3 saturated heterocycles. The van der Waals surface area contributed by atoms with Crippen molar-refractivity contribution in [2.24, 2.45) is 5.92 Å².